The van der Waals surface area contributed by atoms with E-state index in [1.807, 2.05) is 6.07 Å². The maximum Gasteiger partial charge on any atom is 0.417 e. The number of H-pyrrole nitrogens is 1. The van der Waals surface area contributed by atoms with Gasteiger partial charge >= 0.3 is 5.76 Å². The van der Waals surface area contributed by atoms with Crippen LogP contribution in [-0.2, 0) is 0 Å². The van der Waals surface area contributed by atoms with Crippen molar-refractivity contribution in [2.45, 2.75) is 17.3 Å². The summed E-state index contributed by atoms with van der Waals surface area (Å²) in [5.74, 6) is -0.430. The quantitative estimate of drug-likeness (QED) is 0.684. The Morgan fingerprint density at radius 2 is 2.50 bits per heavy atom. The molecule has 2 rings (SSSR count). The standard InChI is InChI=1S/C9H9IN2O2/c1-2-5(10)6-3-8-7(4-11-6)12-9(13)14-8/h3-5H,2H2,1H3,(H,12,13). The van der Waals surface area contributed by atoms with Gasteiger partial charge in [-0.25, -0.2) is 4.79 Å². The van der Waals surface area contributed by atoms with Crippen LogP contribution in [0.15, 0.2) is 21.5 Å². The van der Waals surface area contributed by atoms with Gasteiger partial charge in [0, 0.05) is 6.07 Å². The van der Waals surface area contributed by atoms with E-state index >= 15 is 0 Å². The molecule has 4 nitrogen and oxygen atoms in total. The molecule has 0 saturated heterocycles. The molecule has 2 aromatic heterocycles. The first-order valence-corrected chi connectivity index (χ1v) is 5.58. The highest BCUT2D eigenvalue weighted by Crippen LogP contribution is 2.26. The van der Waals surface area contributed by atoms with E-state index in [-0.39, 0.29) is 0 Å². The van der Waals surface area contributed by atoms with Crippen molar-refractivity contribution in [3.05, 3.63) is 28.5 Å². The topological polar surface area (TPSA) is 58.9 Å². The van der Waals surface area contributed by atoms with Crippen molar-refractivity contribution in [1.82, 2.24) is 9.97 Å². The number of alkyl halides is 1. The fourth-order valence-electron chi connectivity index (χ4n) is 1.25. The fraction of sp³-hybridized carbons (Fsp3) is 0.333. The number of pyridine rings is 1. The average molecular weight is 304 g/mol. The van der Waals surface area contributed by atoms with Crippen LogP contribution in [-0.4, -0.2) is 9.97 Å². The second kappa shape index (κ2) is 3.72. The summed E-state index contributed by atoms with van der Waals surface area (Å²) in [7, 11) is 0. The first kappa shape index (κ1) is 9.70. The summed E-state index contributed by atoms with van der Waals surface area (Å²) in [5, 5.41) is 0. The molecule has 2 aromatic rings. The molecule has 0 saturated carbocycles. The predicted octanol–water partition coefficient (Wildman–Crippen LogP) is 2.40. The summed E-state index contributed by atoms with van der Waals surface area (Å²) in [4.78, 5) is 17.7. The van der Waals surface area contributed by atoms with E-state index in [4.69, 9.17) is 4.42 Å². The van der Waals surface area contributed by atoms with E-state index in [2.05, 4.69) is 39.5 Å². The van der Waals surface area contributed by atoms with Gasteiger partial charge in [0.2, 0.25) is 0 Å². The highest BCUT2D eigenvalue weighted by molar-refractivity contribution is 14.1. The average Bonchev–Trinajstić information content (AvgIpc) is 2.55. The molecule has 0 bridgehead atoms. The van der Waals surface area contributed by atoms with Crippen LogP contribution < -0.4 is 5.76 Å². The molecule has 0 aliphatic heterocycles. The van der Waals surface area contributed by atoms with Crippen molar-refractivity contribution in [3.8, 4) is 0 Å². The molecule has 0 aliphatic rings. The first-order valence-electron chi connectivity index (χ1n) is 4.33. The number of nitrogens with one attached hydrogen (secondary N) is 1. The van der Waals surface area contributed by atoms with Gasteiger partial charge in [-0.1, -0.05) is 29.5 Å². The summed E-state index contributed by atoms with van der Waals surface area (Å²) in [6.45, 7) is 2.09. The number of hydrogen-bond donors (Lipinski definition) is 1. The van der Waals surface area contributed by atoms with Gasteiger partial charge in [0.1, 0.15) is 5.52 Å². The Bertz CT molecular complexity index is 503. The lowest BCUT2D eigenvalue weighted by Gasteiger charge is -2.04. The minimum atomic E-state index is -0.430. The number of aromatic nitrogens is 2. The van der Waals surface area contributed by atoms with Crippen molar-refractivity contribution in [2.24, 2.45) is 0 Å². The molecule has 0 aromatic carbocycles. The molecular formula is C9H9IN2O2. The number of hydrogen-bond acceptors (Lipinski definition) is 3. The zero-order chi connectivity index (χ0) is 10.1. The highest BCUT2D eigenvalue weighted by Gasteiger charge is 2.09. The zero-order valence-electron chi connectivity index (χ0n) is 7.58. The van der Waals surface area contributed by atoms with Crippen molar-refractivity contribution >= 4 is 33.7 Å². The molecule has 0 amide bonds. The minimum Gasteiger partial charge on any atom is -0.408 e. The monoisotopic (exact) mass is 304 g/mol. The van der Waals surface area contributed by atoms with Gasteiger partial charge in [-0.05, 0) is 6.42 Å². The largest absolute Gasteiger partial charge is 0.417 e. The van der Waals surface area contributed by atoms with Crippen LogP contribution in [0.5, 0.6) is 0 Å². The maximum atomic E-state index is 10.9. The molecule has 74 valence electrons. The molecule has 5 heteroatoms. The SMILES string of the molecule is CCC(I)c1cc2oc(=O)[nH]c2cn1. The van der Waals surface area contributed by atoms with E-state index in [9.17, 15) is 4.79 Å². The molecule has 0 spiro atoms. The summed E-state index contributed by atoms with van der Waals surface area (Å²) in [5.41, 5.74) is 2.18. The van der Waals surface area contributed by atoms with Crippen LogP contribution in [0.2, 0.25) is 0 Å². The Morgan fingerprint density at radius 3 is 3.21 bits per heavy atom. The molecular weight excluding hydrogens is 295 g/mol. The normalized spacial score (nSPS) is 13.3. The lowest BCUT2D eigenvalue weighted by molar-refractivity contribution is 0.555. The van der Waals surface area contributed by atoms with Gasteiger partial charge in [-0.3, -0.25) is 9.97 Å². The number of fused-ring (bicyclic) bond motifs is 1. The highest BCUT2D eigenvalue weighted by atomic mass is 127. The van der Waals surface area contributed by atoms with Crippen molar-refractivity contribution < 1.29 is 4.42 Å². The third-order valence-corrected chi connectivity index (χ3v) is 3.52. The Labute approximate surface area is 93.9 Å². The summed E-state index contributed by atoms with van der Waals surface area (Å²) < 4.78 is 5.31. The van der Waals surface area contributed by atoms with E-state index in [0.717, 1.165) is 12.1 Å². The lowest BCUT2D eigenvalue weighted by atomic mass is 10.2. The third kappa shape index (κ3) is 1.68. The molecule has 14 heavy (non-hydrogen) atoms. The van der Waals surface area contributed by atoms with Gasteiger partial charge in [0.05, 0.1) is 15.8 Å². The van der Waals surface area contributed by atoms with Crippen molar-refractivity contribution in [3.63, 3.8) is 0 Å². The van der Waals surface area contributed by atoms with E-state index in [1.54, 1.807) is 6.20 Å². The van der Waals surface area contributed by atoms with E-state index < -0.39 is 5.76 Å². The second-order valence-corrected chi connectivity index (χ2v) is 4.50. The Kier molecular flexibility index (Phi) is 2.58. The number of rotatable bonds is 2. The van der Waals surface area contributed by atoms with Gasteiger partial charge in [-0.15, -0.1) is 0 Å². The molecule has 1 atom stereocenters. The van der Waals surface area contributed by atoms with Gasteiger partial charge in [0.15, 0.2) is 5.58 Å². The fourth-order valence-corrected chi connectivity index (χ4v) is 1.59. The van der Waals surface area contributed by atoms with Crippen LogP contribution in [0.25, 0.3) is 11.1 Å². The molecule has 1 N–H and O–H groups in total. The molecule has 2 heterocycles. The number of nitrogens with zero attached hydrogens (tertiary/aromatic N) is 1. The van der Waals surface area contributed by atoms with E-state index in [1.165, 1.54) is 0 Å². The van der Waals surface area contributed by atoms with Crippen molar-refractivity contribution in [1.29, 1.82) is 0 Å². The summed E-state index contributed by atoms with van der Waals surface area (Å²) in [6, 6.07) is 1.81. The first-order chi connectivity index (χ1) is 6.70. The number of halogens is 1. The van der Waals surface area contributed by atoms with Crippen LogP contribution in [0.4, 0.5) is 0 Å². The van der Waals surface area contributed by atoms with E-state index in [0.29, 0.717) is 15.0 Å². The minimum absolute atomic E-state index is 0.359. The number of oxazole rings is 1. The van der Waals surface area contributed by atoms with Crippen LogP contribution >= 0.6 is 22.6 Å². The molecule has 0 radical (unpaired) electrons. The summed E-state index contributed by atoms with van der Waals surface area (Å²) >= 11 is 2.32. The molecule has 0 fully saturated rings. The summed E-state index contributed by atoms with van der Waals surface area (Å²) in [6.07, 6.45) is 2.64. The predicted molar refractivity (Wildman–Crippen MR) is 61.7 cm³/mol. The number of aromatic amines is 1. The zero-order valence-corrected chi connectivity index (χ0v) is 9.74. The Balaban J connectivity index is 2.55. The molecule has 0 aliphatic carbocycles. The smallest absolute Gasteiger partial charge is 0.408 e. The van der Waals surface area contributed by atoms with Crippen LogP contribution in [0, 0.1) is 0 Å². The van der Waals surface area contributed by atoms with Crippen LogP contribution in [0.3, 0.4) is 0 Å². The van der Waals surface area contributed by atoms with Crippen molar-refractivity contribution in [2.75, 3.05) is 0 Å². The third-order valence-electron chi connectivity index (χ3n) is 2.01. The van der Waals surface area contributed by atoms with Gasteiger partial charge < -0.3 is 4.42 Å². The Morgan fingerprint density at radius 1 is 1.71 bits per heavy atom. The maximum absolute atomic E-state index is 10.9. The lowest BCUT2D eigenvalue weighted by Crippen LogP contribution is -1.93. The van der Waals surface area contributed by atoms with Crippen LogP contribution in [0.1, 0.15) is 23.0 Å². The second-order valence-electron chi connectivity index (χ2n) is 3.00. The van der Waals surface area contributed by atoms with Gasteiger partial charge in [-0.2, -0.15) is 0 Å². The molecule has 1 unspecified atom stereocenters. The Hall–Kier alpha value is -0.850. The van der Waals surface area contributed by atoms with Gasteiger partial charge in [0.25, 0.3) is 0 Å².